The van der Waals surface area contributed by atoms with Crippen LogP contribution in [0.1, 0.15) is 18.1 Å². The lowest BCUT2D eigenvalue weighted by molar-refractivity contribution is -0.139. The van der Waals surface area contributed by atoms with Crippen LogP contribution in [0.5, 0.6) is 0 Å². The topological polar surface area (TPSA) is 58.2 Å². The Morgan fingerprint density at radius 1 is 1.12 bits per heavy atom. The van der Waals surface area contributed by atoms with Crippen LogP contribution in [0.4, 0.5) is 0 Å². The molecule has 0 saturated carbocycles. The molecule has 2 N–H and O–H groups in total. The van der Waals surface area contributed by atoms with E-state index in [-0.39, 0.29) is 0 Å². The highest BCUT2D eigenvalue weighted by atomic mass is 16.2. The van der Waals surface area contributed by atoms with Crippen LogP contribution in [0.15, 0.2) is 24.3 Å². The van der Waals surface area contributed by atoms with Crippen molar-refractivity contribution in [2.24, 2.45) is 0 Å². The van der Waals surface area contributed by atoms with Gasteiger partial charge in [-0.2, -0.15) is 0 Å². The monoisotopic (exact) mass is 220 g/mol. The molecule has 4 nitrogen and oxygen atoms in total. The molecule has 0 aliphatic carbocycles. The molecule has 0 aliphatic heterocycles. The summed E-state index contributed by atoms with van der Waals surface area (Å²) in [7, 11) is 0. The standard InChI is InChI=1S/C12H16N2O2/c1-3-13-11(15)12(16)14-8-10-7-5-4-6-9(10)2/h4-7H,3,8H2,1-2H3,(H,13,15)(H,14,16). The third-order valence-corrected chi connectivity index (χ3v) is 2.24. The van der Waals surface area contributed by atoms with Crippen LogP contribution >= 0.6 is 0 Å². The molecule has 0 bridgehead atoms. The van der Waals surface area contributed by atoms with E-state index in [1.807, 2.05) is 31.2 Å². The zero-order valence-corrected chi connectivity index (χ0v) is 9.54. The molecule has 0 fully saturated rings. The van der Waals surface area contributed by atoms with Crippen molar-refractivity contribution in [3.63, 3.8) is 0 Å². The maximum Gasteiger partial charge on any atom is 0.309 e. The Bertz CT molecular complexity index is 388. The van der Waals surface area contributed by atoms with Crippen molar-refractivity contribution >= 4 is 11.8 Å². The minimum Gasteiger partial charge on any atom is -0.348 e. The van der Waals surface area contributed by atoms with E-state index in [2.05, 4.69) is 10.6 Å². The van der Waals surface area contributed by atoms with Crippen LogP contribution in [-0.4, -0.2) is 18.4 Å². The predicted molar refractivity (Wildman–Crippen MR) is 61.7 cm³/mol. The summed E-state index contributed by atoms with van der Waals surface area (Å²) in [4.78, 5) is 22.4. The summed E-state index contributed by atoms with van der Waals surface area (Å²) >= 11 is 0. The van der Waals surface area contributed by atoms with Crippen molar-refractivity contribution < 1.29 is 9.59 Å². The number of rotatable bonds is 3. The maximum absolute atomic E-state index is 11.3. The number of carbonyl (C=O) groups is 2. The van der Waals surface area contributed by atoms with Crippen LogP contribution in [0.3, 0.4) is 0 Å². The van der Waals surface area contributed by atoms with Crippen molar-refractivity contribution in [3.8, 4) is 0 Å². The summed E-state index contributed by atoms with van der Waals surface area (Å²) < 4.78 is 0. The second-order valence-electron chi connectivity index (χ2n) is 3.47. The Kier molecular flexibility index (Phi) is 4.51. The van der Waals surface area contributed by atoms with Gasteiger partial charge in [0.05, 0.1) is 0 Å². The molecular formula is C12H16N2O2. The largest absolute Gasteiger partial charge is 0.348 e. The highest BCUT2D eigenvalue weighted by Gasteiger charge is 2.11. The van der Waals surface area contributed by atoms with Crippen molar-refractivity contribution in [1.29, 1.82) is 0 Å². The van der Waals surface area contributed by atoms with Gasteiger partial charge < -0.3 is 10.6 Å². The zero-order chi connectivity index (χ0) is 12.0. The third-order valence-electron chi connectivity index (χ3n) is 2.24. The lowest BCUT2D eigenvalue weighted by atomic mass is 10.1. The number of nitrogens with one attached hydrogen (secondary N) is 2. The Hall–Kier alpha value is -1.84. The Balaban J connectivity index is 2.49. The van der Waals surface area contributed by atoms with Crippen LogP contribution in [0.25, 0.3) is 0 Å². The molecular weight excluding hydrogens is 204 g/mol. The summed E-state index contributed by atoms with van der Waals surface area (Å²) in [6.45, 7) is 4.57. The number of likely N-dealkylation sites (N-methyl/N-ethyl adjacent to an activating group) is 1. The molecule has 0 aliphatic rings. The number of aryl methyl sites for hydroxylation is 1. The average Bonchev–Trinajstić information content (AvgIpc) is 2.28. The van der Waals surface area contributed by atoms with Crippen LogP contribution in [0.2, 0.25) is 0 Å². The van der Waals surface area contributed by atoms with Gasteiger partial charge in [-0.15, -0.1) is 0 Å². The first-order valence-electron chi connectivity index (χ1n) is 5.25. The normalized spacial score (nSPS) is 9.62. The summed E-state index contributed by atoms with van der Waals surface area (Å²) in [6.07, 6.45) is 0. The fourth-order valence-corrected chi connectivity index (χ4v) is 1.31. The van der Waals surface area contributed by atoms with Gasteiger partial charge in [0.15, 0.2) is 0 Å². The molecule has 0 radical (unpaired) electrons. The van der Waals surface area contributed by atoms with Gasteiger partial charge in [-0.25, -0.2) is 0 Å². The number of hydrogen-bond acceptors (Lipinski definition) is 2. The van der Waals surface area contributed by atoms with Crippen LogP contribution in [-0.2, 0) is 16.1 Å². The molecule has 1 rings (SSSR count). The van der Waals surface area contributed by atoms with Gasteiger partial charge in [-0.1, -0.05) is 24.3 Å². The molecule has 0 heterocycles. The quantitative estimate of drug-likeness (QED) is 0.738. The minimum absolute atomic E-state index is 0.378. The SMILES string of the molecule is CCNC(=O)C(=O)NCc1ccccc1C. The fraction of sp³-hybridized carbons (Fsp3) is 0.333. The Morgan fingerprint density at radius 3 is 2.38 bits per heavy atom. The highest BCUT2D eigenvalue weighted by Crippen LogP contribution is 2.05. The predicted octanol–water partition coefficient (Wildman–Crippen LogP) is 0.747. The molecule has 0 aromatic heterocycles. The molecule has 0 atom stereocenters. The molecule has 1 aromatic rings. The number of carbonyl (C=O) groups excluding carboxylic acids is 2. The lowest BCUT2D eigenvalue weighted by Gasteiger charge is -2.07. The van der Waals surface area contributed by atoms with Gasteiger partial charge in [0.2, 0.25) is 0 Å². The van der Waals surface area contributed by atoms with Gasteiger partial charge >= 0.3 is 11.8 Å². The van der Waals surface area contributed by atoms with Crippen molar-refractivity contribution in [1.82, 2.24) is 10.6 Å². The van der Waals surface area contributed by atoms with E-state index in [9.17, 15) is 9.59 Å². The maximum atomic E-state index is 11.3. The first-order valence-corrected chi connectivity index (χ1v) is 5.25. The number of hydrogen-bond donors (Lipinski definition) is 2. The Morgan fingerprint density at radius 2 is 1.75 bits per heavy atom. The van der Waals surface area contributed by atoms with Gasteiger partial charge in [0.25, 0.3) is 0 Å². The van der Waals surface area contributed by atoms with Gasteiger partial charge in [-0.3, -0.25) is 9.59 Å². The molecule has 2 amide bonds. The van der Waals surface area contributed by atoms with Crippen LogP contribution < -0.4 is 10.6 Å². The summed E-state index contributed by atoms with van der Waals surface area (Å²) in [5.41, 5.74) is 2.11. The summed E-state index contributed by atoms with van der Waals surface area (Å²) in [5.74, 6) is -1.18. The average molecular weight is 220 g/mol. The van der Waals surface area contributed by atoms with Gasteiger partial charge in [0, 0.05) is 13.1 Å². The zero-order valence-electron chi connectivity index (χ0n) is 9.54. The number of benzene rings is 1. The molecule has 86 valence electrons. The first-order chi connectivity index (χ1) is 7.65. The van der Waals surface area contributed by atoms with Crippen molar-refractivity contribution in [2.45, 2.75) is 20.4 Å². The van der Waals surface area contributed by atoms with Gasteiger partial charge in [-0.05, 0) is 25.0 Å². The van der Waals surface area contributed by atoms with Gasteiger partial charge in [0.1, 0.15) is 0 Å². The summed E-state index contributed by atoms with van der Waals surface area (Å²) in [5, 5.41) is 5.02. The molecule has 16 heavy (non-hydrogen) atoms. The van der Waals surface area contributed by atoms with E-state index in [1.54, 1.807) is 6.92 Å². The molecule has 0 spiro atoms. The van der Waals surface area contributed by atoms with E-state index in [4.69, 9.17) is 0 Å². The minimum atomic E-state index is -0.592. The highest BCUT2D eigenvalue weighted by molar-refractivity contribution is 6.35. The first kappa shape index (κ1) is 12.2. The second kappa shape index (κ2) is 5.90. The van der Waals surface area contributed by atoms with E-state index in [0.29, 0.717) is 13.1 Å². The lowest BCUT2D eigenvalue weighted by Crippen LogP contribution is -2.39. The van der Waals surface area contributed by atoms with E-state index < -0.39 is 11.8 Å². The summed E-state index contributed by atoms with van der Waals surface area (Å²) in [6, 6.07) is 7.73. The van der Waals surface area contributed by atoms with Crippen molar-refractivity contribution in [3.05, 3.63) is 35.4 Å². The van der Waals surface area contributed by atoms with Crippen LogP contribution in [0, 0.1) is 6.92 Å². The third kappa shape index (κ3) is 3.38. The second-order valence-corrected chi connectivity index (χ2v) is 3.47. The van der Waals surface area contributed by atoms with E-state index >= 15 is 0 Å². The Labute approximate surface area is 95.0 Å². The fourth-order valence-electron chi connectivity index (χ4n) is 1.31. The smallest absolute Gasteiger partial charge is 0.309 e. The molecule has 0 unspecified atom stereocenters. The van der Waals surface area contributed by atoms with E-state index in [0.717, 1.165) is 11.1 Å². The van der Waals surface area contributed by atoms with E-state index in [1.165, 1.54) is 0 Å². The number of amides is 2. The molecule has 1 aromatic carbocycles. The molecule has 0 saturated heterocycles. The molecule has 4 heteroatoms. The van der Waals surface area contributed by atoms with Crippen molar-refractivity contribution in [2.75, 3.05) is 6.54 Å².